The summed E-state index contributed by atoms with van der Waals surface area (Å²) in [4.78, 5) is 1.39. The summed E-state index contributed by atoms with van der Waals surface area (Å²) in [6.07, 6.45) is 2.44. The lowest BCUT2D eigenvalue weighted by Gasteiger charge is -2.28. The fraction of sp³-hybridized carbons (Fsp3) is 0.538. The van der Waals surface area contributed by atoms with E-state index in [0.717, 1.165) is 18.1 Å². The van der Waals surface area contributed by atoms with Gasteiger partial charge in [-0.3, -0.25) is 0 Å². The van der Waals surface area contributed by atoms with Crippen molar-refractivity contribution in [1.29, 1.82) is 0 Å². The van der Waals surface area contributed by atoms with Crippen molar-refractivity contribution in [3.63, 3.8) is 0 Å². The highest BCUT2D eigenvalue weighted by molar-refractivity contribution is 7.99. The molecule has 0 amide bonds. The molecular formula is C13H17ClN2S. The molecule has 2 unspecified atom stereocenters. The molecule has 0 spiro atoms. The second-order valence-corrected chi connectivity index (χ2v) is 6.30. The second kappa shape index (κ2) is 5.19. The fourth-order valence-corrected chi connectivity index (χ4v) is 3.91. The van der Waals surface area contributed by atoms with Crippen molar-refractivity contribution in [2.45, 2.75) is 29.8 Å². The van der Waals surface area contributed by atoms with Crippen LogP contribution < -0.4 is 10.6 Å². The molecule has 1 fully saturated rings. The SMILES string of the molecule is Clc1ccc2c(c1)C(NC1CCNC1)CCS2. The van der Waals surface area contributed by atoms with E-state index in [0.29, 0.717) is 12.1 Å². The molecule has 92 valence electrons. The number of rotatable bonds is 2. The van der Waals surface area contributed by atoms with Crippen LogP contribution in [-0.4, -0.2) is 24.9 Å². The zero-order valence-electron chi connectivity index (χ0n) is 9.71. The molecule has 2 atom stereocenters. The average molecular weight is 269 g/mol. The summed E-state index contributed by atoms with van der Waals surface area (Å²) in [5.74, 6) is 1.20. The molecule has 0 bridgehead atoms. The first kappa shape index (κ1) is 11.8. The van der Waals surface area contributed by atoms with Crippen molar-refractivity contribution in [1.82, 2.24) is 10.6 Å². The van der Waals surface area contributed by atoms with Gasteiger partial charge in [0.1, 0.15) is 0 Å². The molecule has 0 saturated carbocycles. The molecule has 0 aliphatic carbocycles. The smallest absolute Gasteiger partial charge is 0.0410 e. The third-order valence-electron chi connectivity index (χ3n) is 3.51. The first-order chi connectivity index (χ1) is 8.33. The van der Waals surface area contributed by atoms with E-state index < -0.39 is 0 Å². The van der Waals surface area contributed by atoms with E-state index in [2.05, 4.69) is 22.8 Å². The maximum Gasteiger partial charge on any atom is 0.0410 e. The molecule has 4 heteroatoms. The lowest BCUT2D eigenvalue weighted by atomic mass is 10.0. The number of fused-ring (bicyclic) bond motifs is 1. The van der Waals surface area contributed by atoms with Crippen molar-refractivity contribution in [2.24, 2.45) is 0 Å². The largest absolute Gasteiger partial charge is 0.315 e. The number of benzene rings is 1. The van der Waals surface area contributed by atoms with Gasteiger partial charge in [-0.1, -0.05) is 11.6 Å². The van der Waals surface area contributed by atoms with E-state index in [-0.39, 0.29) is 0 Å². The zero-order chi connectivity index (χ0) is 11.7. The first-order valence-corrected chi connectivity index (χ1v) is 7.58. The molecule has 17 heavy (non-hydrogen) atoms. The number of nitrogens with one attached hydrogen (secondary N) is 2. The zero-order valence-corrected chi connectivity index (χ0v) is 11.3. The second-order valence-electron chi connectivity index (χ2n) is 4.73. The number of thioether (sulfide) groups is 1. The number of hydrogen-bond acceptors (Lipinski definition) is 3. The number of halogens is 1. The summed E-state index contributed by atoms with van der Waals surface area (Å²) in [6.45, 7) is 2.24. The molecule has 1 aromatic carbocycles. The van der Waals surface area contributed by atoms with Crippen LogP contribution in [-0.2, 0) is 0 Å². The van der Waals surface area contributed by atoms with Crippen molar-refractivity contribution in [3.05, 3.63) is 28.8 Å². The lowest BCUT2D eigenvalue weighted by Crippen LogP contribution is -2.35. The molecule has 0 aromatic heterocycles. The maximum absolute atomic E-state index is 6.11. The Labute approximate surface area is 112 Å². The predicted octanol–water partition coefficient (Wildman–Crippen LogP) is 2.83. The molecule has 2 aliphatic heterocycles. The van der Waals surface area contributed by atoms with Gasteiger partial charge in [0.2, 0.25) is 0 Å². The van der Waals surface area contributed by atoms with Crippen LogP contribution in [0, 0.1) is 0 Å². The van der Waals surface area contributed by atoms with E-state index in [1.165, 1.54) is 29.1 Å². The lowest BCUT2D eigenvalue weighted by molar-refractivity contribution is 0.439. The molecular weight excluding hydrogens is 252 g/mol. The van der Waals surface area contributed by atoms with Gasteiger partial charge < -0.3 is 10.6 Å². The van der Waals surface area contributed by atoms with Gasteiger partial charge in [0.25, 0.3) is 0 Å². The van der Waals surface area contributed by atoms with Crippen LogP contribution in [0.15, 0.2) is 23.1 Å². The maximum atomic E-state index is 6.11. The Kier molecular flexibility index (Phi) is 3.61. The highest BCUT2D eigenvalue weighted by Crippen LogP contribution is 2.37. The van der Waals surface area contributed by atoms with Crippen molar-refractivity contribution >= 4 is 23.4 Å². The highest BCUT2D eigenvalue weighted by atomic mass is 35.5. The minimum Gasteiger partial charge on any atom is -0.315 e. The molecule has 2 heterocycles. The van der Waals surface area contributed by atoms with Crippen molar-refractivity contribution in [3.8, 4) is 0 Å². The normalized spacial score (nSPS) is 28.1. The van der Waals surface area contributed by atoms with Gasteiger partial charge in [0.05, 0.1) is 0 Å². The monoisotopic (exact) mass is 268 g/mol. The Balaban J connectivity index is 1.80. The van der Waals surface area contributed by atoms with E-state index in [1.54, 1.807) is 0 Å². The summed E-state index contributed by atoms with van der Waals surface area (Å²) in [6, 6.07) is 7.38. The van der Waals surface area contributed by atoms with Crippen LogP contribution in [0.3, 0.4) is 0 Å². The van der Waals surface area contributed by atoms with Gasteiger partial charge in [-0.05, 0) is 48.9 Å². The van der Waals surface area contributed by atoms with Crippen LogP contribution in [0.25, 0.3) is 0 Å². The quantitative estimate of drug-likeness (QED) is 0.863. The van der Waals surface area contributed by atoms with Gasteiger partial charge in [-0.15, -0.1) is 11.8 Å². The Bertz CT molecular complexity index is 404. The van der Waals surface area contributed by atoms with Gasteiger partial charge >= 0.3 is 0 Å². The standard InChI is InChI=1S/C13H17ClN2S/c14-9-1-2-13-11(7-9)12(4-6-17-13)16-10-3-5-15-8-10/h1-2,7,10,12,15-16H,3-6,8H2. The molecule has 1 saturated heterocycles. The highest BCUT2D eigenvalue weighted by Gasteiger charge is 2.24. The van der Waals surface area contributed by atoms with Crippen LogP contribution in [0.5, 0.6) is 0 Å². The van der Waals surface area contributed by atoms with Crippen LogP contribution in [0.4, 0.5) is 0 Å². The third kappa shape index (κ3) is 2.63. The van der Waals surface area contributed by atoms with E-state index in [1.807, 2.05) is 17.8 Å². The van der Waals surface area contributed by atoms with E-state index >= 15 is 0 Å². The minimum absolute atomic E-state index is 0.481. The molecule has 2 N–H and O–H groups in total. The van der Waals surface area contributed by atoms with Gasteiger partial charge in [0, 0.05) is 28.5 Å². The van der Waals surface area contributed by atoms with Gasteiger partial charge in [0.15, 0.2) is 0 Å². The molecule has 0 radical (unpaired) electrons. The molecule has 2 aliphatic rings. The first-order valence-electron chi connectivity index (χ1n) is 6.22. The Morgan fingerprint density at radius 1 is 1.35 bits per heavy atom. The average Bonchev–Trinajstić information content (AvgIpc) is 2.83. The molecule has 3 rings (SSSR count). The van der Waals surface area contributed by atoms with Crippen molar-refractivity contribution < 1.29 is 0 Å². The fourth-order valence-electron chi connectivity index (χ4n) is 2.62. The third-order valence-corrected chi connectivity index (χ3v) is 4.87. The van der Waals surface area contributed by atoms with Gasteiger partial charge in [-0.2, -0.15) is 0 Å². The Hall–Kier alpha value is -0.220. The summed E-state index contributed by atoms with van der Waals surface area (Å²) < 4.78 is 0. The molecule has 2 nitrogen and oxygen atoms in total. The predicted molar refractivity (Wildman–Crippen MR) is 73.9 cm³/mol. The van der Waals surface area contributed by atoms with E-state index in [4.69, 9.17) is 11.6 Å². The van der Waals surface area contributed by atoms with Crippen LogP contribution >= 0.6 is 23.4 Å². The Morgan fingerprint density at radius 2 is 2.29 bits per heavy atom. The summed E-state index contributed by atoms with van der Waals surface area (Å²) in [5.41, 5.74) is 1.39. The van der Waals surface area contributed by atoms with E-state index in [9.17, 15) is 0 Å². The summed E-state index contributed by atoms with van der Waals surface area (Å²) in [5, 5.41) is 8.02. The van der Waals surface area contributed by atoms with Crippen LogP contribution in [0.2, 0.25) is 5.02 Å². The Morgan fingerprint density at radius 3 is 3.12 bits per heavy atom. The number of hydrogen-bond donors (Lipinski definition) is 2. The van der Waals surface area contributed by atoms with Crippen molar-refractivity contribution in [2.75, 3.05) is 18.8 Å². The van der Waals surface area contributed by atoms with Gasteiger partial charge in [-0.25, -0.2) is 0 Å². The summed E-state index contributed by atoms with van der Waals surface area (Å²) in [7, 11) is 0. The summed E-state index contributed by atoms with van der Waals surface area (Å²) >= 11 is 8.05. The van der Waals surface area contributed by atoms with Crippen LogP contribution in [0.1, 0.15) is 24.4 Å². The minimum atomic E-state index is 0.481. The topological polar surface area (TPSA) is 24.1 Å². The molecule has 1 aromatic rings.